The second kappa shape index (κ2) is 6.37. The van der Waals surface area contributed by atoms with E-state index in [4.69, 9.17) is 16.3 Å². The summed E-state index contributed by atoms with van der Waals surface area (Å²) in [4.78, 5) is 12.2. The van der Waals surface area contributed by atoms with Crippen LogP contribution in [0.3, 0.4) is 0 Å². The molecule has 1 unspecified atom stereocenters. The van der Waals surface area contributed by atoms with Crippen molar-refractivity contribution in [1.29, 1.82) is 0 Å². The zero-order valence-corrected chi connectivity index (χ0v) is 12.9. The molecule has 2 rings (SSSR count). The maximum absolute atomic E-state index is 12.9. The van der Waals surface area contributed by atoms with Gasteiger partial charge in [-0.1, -0.05) is 39.7 Å². The topological polar surface area (TPSA) is 26.3 Å². The summed E-state index contributed by atoms with van der Waals surface area (Å²) in [6.07, 6.45) is -0.709. The van der Waals surface area contributed by atoms with Gasteiger partial charge in [-0.2, -0.15) is 0 Å². The third kappa shape index (κ3) is 3.58. The highest BCUT2D eigenvalue weighted by molar-refractivity contribution is 9.10. The molecule has 0 radical (unpaired) electrons. The van der Waals surface area contributed by atoms with E-state index in [9.17, 15) is 9.18 Å². The van der Waals surface area contributed by atoms with Crippen molar-refractivity contribution in [2.75, 3.05) is 0 Å². The fourth-order valence-electron chi connectivity index (χ4n) is 1.66. The maximum atomic E-state index is 12.9. The summed E-state index contributed by atoms with van der Waals surface area (Å²) >= 11 is 9.17. The lowest BCUT2D eigenvalue weighted by atomic mass is 10.1. The number of Topliss-reactive ketones (excluding diaryl/α,β-unsaturated/α-hetero) is 1. The molecule has 0 saturated carbocycles. The van der Waals surface area contributed by atoms with Gasteiger partial charge in [0.25, 0.3) is 0 Å². The molecule has 2 aromatic carbocycles. The van der Waals surface area contributed by atoms with Crippen molar-refractivity contribution in [2.24, 2.45) is 0 Å². The minimum Gasteiger partial charge on any atom is -0.481 e. The number of hydrogen-bond acceptors (Lipinski definition) is 2. The molecule has 0 heterocycles. The monoisotopic (exact) mass is 356 g/mol. The molecular weight excluding hydrogens is 347 g/mol. The minimum atomic E-state index is -0.709. The predicted octanol–water partition coefficient (Wildman–Crippen LogP) is 4.89. The summed E-state index contributed by atoms with van der Waals surface area (Å²) in [5.41, 5.74) is 0.541. The standard InChI is InChI=1S/C15H11BrClFO2/c1-9(15(19)10-2-4-11(16)5-3-10)20-14-7-6-12(18)8-13(14)17/h2-9H,1H3. The van der Waals surface area contributed by atoms with Crippen molar-refractivity contribution >= 4 is 33.3 Å². The molecule has 0 saturated heterocycles. The summed E-state index contributed by atoms with van der Waals surface area (Å²) in [6.45, 7) is 1.63. The van der Waals surface area contributed by atoms with Crippen LogP contribution in [0.15, 0.2) is 46.9 Å². The van der Waals surface area contributed by atoms with Gasteiger partial charge in [0.15, 0.2) is 6.10 Å². The second-order valence-electron chi connectivity index (χ2n) is 4.21. The lowest BCUT2D eigenvalue weighted by molar-refractivity contribution is 0.0818. The average molecular weight is 358 g/mol. The Balaban J connectivity index is 2.13. The average Bonchev–Trinajstić information content (AvgIpc) is 2.42. The van der Waals surface area contributed by atoms with Gasteiger partial charge in [-0.05, 0) is 37.3 Å². The highest BCUT2D eigenvalue weighted by atomic mass is 79.9. The zero-order chi connectivity index (χ0) is 14.7. The van der Waals surface area contributed by atoms with Crippen molar-refractivity contribution in [3.05, 3.63) is 63.3 Å². The van der Waals surface area contributed by atoms with E-state index in [0.29, 0.717) is 5.56 Å². The van der Waals surface area contributed by atoms with Crippen LogP contribution in [-0.4, -0.2) is 11.9 Å². The first kappa shape index (κ1) is 15.0. The first-order valence-electron chi connectivity index (χ1n) is 5.89. The second-order valence-corrected chi connectivity index (χ2v) is 5.53. The Kier molecular flexibility index (Phi) is 4.78. The normalized spacial score (nSPS) is 12.0. The number of ketones is 1. The van der Waals surface area contributed by atoms with Gasteiger partial charge in [0.1, 0.15) is 11.6 Å². The molecule has 0 aliphatic rings. The first-order valence-corrected chi connectivity index (χ1v) is 7.06. The lowest BCUT2D eigenvalue weighted by Gasteiger charge is -2.14. The minimum absolute atomic E-state index is 0.139. The molecule has 104 valence electrons. The number of hydrogen-bond donors (Lipinski definition) is 0. The van der Waals surface area contributed by atoms with Gasteiger partial charge in [0.05, 0.1) is 5.02 Å². The Bertz CT molecular complexity index is 628. The molecule has 2 nitrogen and oxygen atoms in total. The van der Waals surface area contributed by atoms with E-state index in [1.165, 1.54) is 12.1 Å². The lowest BCUT2D eigenvalue weighted by Crippen LogP contribution is -2.24. The van der Waals surface area contributed by atoms with Crippen LogP contribution in [0.4, 0.5) is 4.39 Å². The van der Waals surface area contributed by atoms with Gasteiger partial charge in [-0.15, -0.1) is 0 Å². The van der Waals surface area contributed by atoms with Crippen LogP contribution in [0.25, 0.3) is 0 Å². The molecule has 0 aliphatic carbocycles. The van der Waals surface area contributed by atoms with Crippen molar-refractivity contribution in [1.82, 2.24) is 0 Å². The van der Waals surface area contributed by atoms with Crippen LogP contribution in [0, 0.1) is 5.82 Å². The van der Waals surface area contributed by atoms with Gasteiger partial charge in [-0.3, -0.25) is 4.79 Å². The Morgan fingerprint density at radius 2 is 1.90 bits per heavy atom. The molecule has 0 aromatic heterocycles. The van der Waals surface area contributed by atoms with E-state index < -0.39 is 11.9 Å². The number of carbonyl (C=O) groups is 1. The fourth-order valence-corrected chi connectivity index (χ4v) is 2.14. The van der Waals surface area contributed by atoms with E-state index >= 15 is 0 Å². The molecule has 0 amide bonds. The summed E-state index contributed by atoms with van der Waals surface area (Å²) in [5.74, 6) is -0.335. The molecule has 2 aromatic rings. The van der Waals surface area contributed by atoms with Crippen LogP contribution in [0.2, 0.25) is 5.02 Å². The van der Waals surface area contributed by atoms with E-state index in [-0.39, 0.29) is 16.6 Å². The SMILES string of the molecule is CC(Oc1ccc(F)cc1Cl)C(=O)c1ccc(Br)cc1. The third-order valence-electron chi connectivity index (χ3n) is 2.70. The molecule has 0 bridgehead atoms. The highest BCUT2D eigenvalue weighted by Crippen LogP contribution is 2.26. The van der Waals surface area contributed by atoms with Crippen molar-refractivity contribution in [3.63, 3.8) is 0 Å². The van der Waals surface area contributed by atoms with Crippen molar-refractivity contribution < 1.29 is 13.9 Å². The van der Waals surface area contributed by atoms with Gasteiger partial charge in [0.2, 0.25) is 5.78 Å². The first-order chi connectivity index (χ1) is 9.47. The van der Waals surface area contributed by atoms with E-state index in [1.807, 2.05) is 0 Å². The van der Waals surface area contributed by atoms with E-state index in [0.717, 1.165) is 10.5 Å². The zero-order valence-electron chi connectivity index (χ0n) is 10.6. The number of benzene rings is 2. The summed E-state index contributed by atoms with van der Waals surface area (Å²) in [7, 11) is 0. The Morgan fingerprint density at radius 3 is 2.50 bits per heavy atom. The van der Waals surface area contributed by atoms with Crippen molar-refractivity contribution in [2.45, 2.75) is 13.0 Å². The number of halogens is 3. The fraction of sp³-hybridized carbons (Fsp3) is 0.133. The summed E-state index contributed by atoms with van der Waals surface area (Å²) in [6, 6.07) is 10.8. The molecule has 20 heavy (non-hydrogen) atoms. The number of carbonyl (C=O) groups excluding carboxylic acids is 1. The number of ether oxygens (including phenoxy) is 1. The molecule has 1 atom stereocenters. The smallest absolute Gasteiger partial charge is 0.202 e. The molecule has 0 fully saturated rings. The Labute approximate surface area is 129 Å². The Hall–Kier alpha value is -1.39. The van der Waals surface area contributed by atoms with Gasteiger partial charge >= 0.3 is 0 Å². The van der Waals surface area contributed by atoms with Gasteiger partial charge in [0, 0.05) is 10.0 Å². The number of rotatable bonds is 4. The molecule has 0 N–H and O–H groups in total. The van der Waals surface area contributed by atoms with Gasteiger partial charge in [-0.25, -0.2) is 4.39 Å². The Morgan fingerprint density at radius 1 is 1.25 bits per heavy atom. The van der Waals surface area contributed by atoms with E-state index in [2.05, 4.69) is 15.9 Å². The molecule has 0 spiro atoms. The summed E-state index contributed by atoms with van der Waals surface area (Å²) < 4.78 is 19.3. The van der Waals surface area contributed by atoms with Crippen LogP contribution in [-0.2, 0) is 0 Å². The molecular formula is C15H11BrClFO2. The van der Waals surface area contributed by atoms with Crippen LogP contribution in [0.1, 0.15) is 17.3 Å². The van der Waals surface area contributed by atoms with Crippen LogP contribution in [0.5, 0.6) is 5.75 Å². The van der Waals surface area contributed by atoms with Crippen LogP contribution >= 0.6 is 27.5 Å². The van der Waals surface area contributed by atoms with Crippen LogP contribution < -0.4 is 4.74 Å². The van der Waals surface area contributed by atoms with E-state index in [1.54, 1.807) is 31.2 Å². The quantitative estimate of drug-likeness (QED) is 0.728. The van der Waals surface area contributed by atoms with Crippen molar-refractivity contribution in [3.8, 4) is 5.75 Å². The maximum Gasteiger partial charge on any atom is 0.202 e. The summed E-state index contributed by atoms with van der Waals surface area (Å²) in [5, 5.41) is 0.139. The largest absolute Gasteiger partial charge is 0.481 e. The van der Waals surface area contributed by atoms with Gasteiger partial charge < -0.3 is 4.74 Å². The highest BCUT2D eigenvalue weighted by Gasteiger charge is 2.18. The molecule has 5 heteroatoms. The predicted molar refractivity (Wildman–Crippen MR) is 80.0 cm³/mol. The third-order valence-corrected chi connectivity index (χ3v) is 3.52. The molecule has 0 aliphatic heterocycles.